The average molecular weight is 332 g/mol. The summed E-state index contributed by atoms with van der Waals surface area (Å²) in [5.41, 5.74) is 1.31. The highest BCUT2D eigenvalue weighted by molar-refractivity contribution is 7.17. The minimum Gasteiger partial charge on any atom is -0.344 e. The van der Waals surface area contributed by atoms with Crippen molar-refractivity contribution in [3.63, 3.8) is 0 Å². The third-order valence-corrected chi connectivity index (χ3v) is 5.78. The first-order valence-electron chi connectivity index (χ1n) is 8.45. The highest BCUT2D eigenvalue weighted by atomic mass is 32.1. The average Bonchev–Trinajstić information content (AvgIpc) is 3.29. The second kappa shape index (κ2) is 6.59. The lowest BCUT2D eigenvalue weighted by Crippen LogP contribution is -2.44. The van der Waals surface area contributed by atoms with Crippen molar-refractivity contribution in [3.05, 3.63) is 24.0 Å². The molecule has 2 aromatic heterocycles. The van der Waals surface area contributed by atoms with E-state index in [1.165, 1.54) is 31.6 Å². The zero-order valence-corrected chi connectivity index (χ0v) is 14.5. The van der Waals surface area contributed by atoms with Crippen LogP contribution in [0.5, 0.6) is 0 Å². The number of hydrogen-bond donors (Lipinski definition) is 0. The van der Waals surface area contributed by atoms with E-state index in [1.807, 2.05) is 0 Å². The van der Waals surface area contributed by atoms with E-state index in [-0.39, 0.29) is 0 Å². The van der Waals surface area contributed by atoms with Gasteiger partial charge in [-0.05, 0) is 45.1 Å². The Bertz CT molecular complexity index is 637. The first-order valence-corrected chi connectivity index (χ1v) is 9.27. The van der Waals surface area contributed by atoms with Crippen LogP contribution in [0, 0.1) is 0 Å². The second-order valence-electron chi connectivity index (χ2n) is 6.51. The smallest absolute Gasteiger partial charge is 0.218 e. The Morgan fingerprint density at radius 3 is 2.52 bits per heavy atom. The van der Waals surface area contributed by atoms with Gasteiger partial charge in [0.25, 0.3) is 0 Å². The summed E-state index contributed by atoms with van der Waals surface area (Å²) in [6, 6.07) is 4.32. The summed E-state index contributed by atoms with van der Waals surface area (Å²) in [5, 5.41) is 10.9. The first-order chi connectivity index (χ1) is 11.3. The quantitative estimate of drug-likeness (QED) is 0.852. The number of aromatic nitrogens is 3. The highest BCUT2D eigenvalue weighted by Crippen LogP contribution is 2.26. The molecule has 23 heavy (non-hydrogen) atoms. The van der Waals surface area contributed by atoms with Gasteiger partial charge in [0.15, 0.2) is 0 Å². The van der Waals surface area contributed by atoms with Gasteiger partial charge in [0.1, 0.15) is 0 Å². The molecule has 0 aromatic carbocycles. The monoisotopic (exact) mass is 332 g/mol. The van der Waals surface area contributed by atoms with E-state index in [0.29, 0.717) is 0 Å². The third-order valence-electron chi connectivity index (χ3n) is 4.80. The van der Waals surface area contributed by atoms with E-state index in [2.05, 4.69) is 54.8 Å². The summed E-state index contributed by atoms with van der Waals surface area (Å²) in [5.74, 6) is 0. The van der Waals surface area contributed by atoms with E-state index in [0.717, 1.165) is 43.0 Å². The Labute approximate surface area is 141 Å². The van der Waals surface area contributed by atoms with Crippen molar-refractivity contribution in [3.8, 4) is 5.13 Å². The number of rotatable bonds is 4. The van der Waals surface area contributed by atoms with E-state index in [9.17, 15) is 0 Å². The van der Waals surface area contributed by atoms with Crippen LogP contribution in [0.1, 0.15) is 18.5 Å². The largest absolute Gasteiger partial charge is 0.344 e. The molecule has 0 N–H and O–H groups in total. The van der Waals surface area contributed by atoms with Gasteiger partial charge in [0.05, 0.1) is 0 Å². The van der Waals surface area contributed by atoms with Gasteiger partial charge in [-0.15, -0.1) is 10.2 Å². The SMILES string of the molecule is CN1CCN(c2nnc(-n3cccc3CN3CCCC3)s2)CC1. The van der Waals surface area contributed by atoms with Crippen molar-refractivity contribution in [2.75, 3.05) is 51.2 Å². The molecule has 2 fully saturated rings. The van der Waals surface area contributed by atoms with Crippen LogP contribution in [0.15, 0.2) is 18.3 Å². The lowest BCUT2D eigenvalue weighted by atomic mass is 10.3. The zero-order valence-electron chi connectivity index (χ0n) is 13.7. The zero-order chi connectivity index (χ0) is 15.6. The number of likely N-dealkylation sites (N-methyl/N-ethyl adjacent to an activating group) is 1. The lowest BCUT2D eigenvalue weighted by molar-refractivity contribution is 0.312. The number of piperazine rings is 1. The van der Waals surface area contributed by atoms with Crippen molar-refractivity contribution in [1.29, 1.82) is 0 Å². The minimum absolute atomic E-state index is 0.984. The number of anilines is 1. The number of hydrogen-bond acceptors (Lipinski definition) is 6. The molecular weight excluding hydrogens is 308 g/mol. The molecule has 2 aromatic rings. The van der Waals surface area contributed by atoms with Crippen LogP contribution in [0.4, 0.5) is 5.13 Å². The van der Waals surface area contributed by atoms with E-state index < -0.39 is 0 Å². The summed E-state index contributed by atoms with van der Waals surface area (Å²) in [6.07, 6.45) is 4.76. The molecule has 124 valence electrons. The third kappa shape index (κ3) is 3.27. The molecule has 0 saturated carbocycles. The van der Waals surface area contributed by atoms with Crippen LogP contribution in [-0.2, 0) is 6.54 Å². The molecule has 6 nitrogen and oxygen atoms in total. The van der Waals surface area contributed by atoms with E-state index in [4.69, 9.17) is 0 Å². The van der Waals surface area contributed by atoms with Crippen molar-refractivity contribution in [2.45, 2.75) is 19.4 Å². The van der Waals surface area contributed by atoms with Gasteiger partial charge in [-0.2, -0.15) is 0 Å². The molecule has 4 heterocycles. The summed E-state index contributed by atoms with van der Waals surface area (Å²) >= 11 is 1.70. The molecule has 0 aliphatic carbocycles. The normalized spacial score (nSPS) is 20.5. The Hall–Kier alpha value is -1.44. The van der Waals surface area contributed by atoms with Gasteiger partial charge in [-0.25, -0.2) is 0 Å². The van der Waals surface area contributed by atoms with Crippen LogP contribution in [-0.4, -0.2) is 70.9 Å². The fourth-order valence-corrected chi connectivity index (χ4v) is 4.25. The number of nitrogens with zero attached hydrogens (tertiary/aromatic N) is 6. The van der Waals surface area contributed by atoms with Crippen molar-refractivity contribution in [2.24, 2.45) is 0 Å². The minimum atomic E-state index is 0.984. The molecular formula is C16H24N6S. The van der Waals surface area contributed by atoms with Crippen LogP contribution in [0.3, 0.4) is 0 Å². The predicted molar refractivity (Wildman–Crippen MR) is 93.5 cm³/mol. The molecule has 4 rings (SSSR count). The molecule has 2 saturated heterocycles. The van der Waals surface area contributed by atoms with Crippen LogP contribution < -0.4 is 4.90 Å². The van der Waals surface area contributed by atoms with Crippen molar-refractivity contribution < 1.29 is 0 Å². The Morgan fingerprint density at radius 1 is 1.00 bits per heavy atom. The maximum Gasteiger partial charge on any atom is 0.218 e. The molecule has 0 unspecified atom stereocenters. The summed E-state index contributed by atoms with van der Waals surface area (Å²) in [4.78, 5) is 7.23. The van der Waals surface area contributed by atoms with Gasteiger partial charge in [0.2, 0.25) is 10.3 Å². The molecule has 2 aliphatic rings. The molecule has 7 heteroatoms. The fraction of sp³-hybridized carbons (Fsp3) is 0.625. The lowest BCUT2D eigenvalue weighted by Gasteiger charge is -2.31. The van der Waals surface area contributed by atoms with Crippen molar-refractivity contribution in [1.82, 2.24) is 24.6 Å². The van der Waals surface area contributed by atoms with Crippen LogP contribution in [0.2, 0.25) is 0 Å². The maximum absolute atomic E-state index is 4.45. The van der Waals surface area contributed by atoms with Crippen LogP contribution in [0.25, 0.3) is 5.13 Å². The standard InChI is InChI=1S/C16H24N6S/c1-19-9-11-21(12-10-19)15-17-18-16(23-15)22-8-4-5-14(22)13-20-6-2-3-7-20/h4-5,8H,2-3,6-7,9-13H2,1H3. The fourth-order valence-electron chi connectivity index (χ4n) is 3.33. The molecule has 0 atom stereocenters. The summed E-state index contributed by atoms with van der Waals surface area (Å²) in [6.45, 7) is 7.71. The van der Waals surface area contributed by atoms with Gasteiger partial charge in [0, 0.05) is 44.6 Å². The molecule has 0 amide bonds. The number of likely N-dealkylation sites (tertiary alicyclic amines) is 1. The Kier molecular flexibility index (Phi) is 4.33. The second-order valence-corrected chi connectivity index (χ2v) is 7.44. The van der Waals surface area contributed by atoms with Gasteiger partial charge >= 0.3 is 0 Å². The summed E-state index contributed by atoms with van der Waals surface area (Å²) < 4.78 is 2.20. The van der Waals surface area contributed by atoms with Gasteiger partial charge in [-0.1, -0.05) is 11.3 Å². The summed E-state index contributed by atoms with van der Waals surface area (Å²) in [7, 11) is 2.17. The molecule has 0 radical (unpaired) electrons. The Balaban J connectivity index is 1.49. The topological polar surface area (TPSA) is 40.4 Å². The van der Waals surface area contributed by atoms with E-state index >= 15 is 0 Å². The highest BCUT2D eigenvalue weighted by Gasteiger charge is 2.20. The molecule has 0 bridgehead atoms. The van der Waals surface area contributed by atoms with E-state index in [1.54, 1.807) is 11.3 Å². The molecule has 0 spiro atoms. The Morgan fingerprint density at radius 2 is 1.74 bits per heavy atom. The first kappa shape index (κ1) is 15.1. The van der Waals surface area contributed by atoms with Crippen molar-refractivity contribution >= 4 is 16.5 Å². The predicted octanol–water partition coefficient (Wildman–Crippen LogP) is 1.68. The van der Waals surface area contributed by atoms with Gasteiger partial charge in [-0.3, -0.25) is 9.47 Å². The molecule has 2 aliphatic heterocycles. The van der Waals surface area contributed by atoms with Gasteiger partial charge < -0.3 is 9.80 Å². The maximum atomic E-state index is 4.45. The van der Waals surface area contributed by atoms with Crippen LogP contribution >= 0.6 is 11.3 Å².